The predicted octanol–water partition coefficient (Wildman–Crippen LogP) is 9.25. The average Bonchev–Trinajstić information content (AvgIpc) is 3.71. The Labute approximate surface area is 323 Å². The molecule has 280 valence electrons. The molecule has 0 amide bonds. The van der Waals surface area contributed by atoms with Crippen molar-refractivity contribution < 1.29 is 22.8 Å². The molecule has 0 fully saturated rings. The van der Waals surface area contributed by atoms with Crippen LogP contribution in [0.2, 0.25) is 5.02 Å². The Bertz CT molecular complexity index is 2690. The lowest BCUT2D eigenvalue weighted by molar-refractivity contribution is -0.137. The number of hydrogen-bond donors (Lipinski definition) is 3. The fourth-order valence-corrected chi connectivity index (χ4v) is 6.36. The normalized spacial score (nSPS) is 12.8. The highest BCUT2D eigenvalue weighted by molar-refractivity contribution is 6.53. The fourth-order valence-electron chi connectivity index (χ4n) is 6.14. The zero-order chi connectivity index (χ0) is 40.1. The van der Waals surface area contributed by atoms with Crippen molar-refractivity contribution in [3.8, 4) is 12.1 Å². The molecule has 0 atom stereocenters. The minimum absolute atomic E-state index is 0.0600. The van der Waals surface area contributed by atoms with Crippen LogP contribution in [0, 0.1) is 22.7 Å². The van der Waals surface area contributed by atoms with E-state index in [0.29, 0.717) is 10.9 Å². The lowest BCUT2D eigenvalue weighted by Crippen LogP contribution is -2.14. The van der Waals surface area contributed by atoms with Crippen molar-refractivity contribution in [1.82, 2.24) is 9.13 Å². The van der Waals surface area contributed by atoms with E-state index in [-0.39, 0.29) is 17.0 Å². The van der Waals surface area contributed by atoms with Crippen LogP contribution in [0.25, 0.3) is 21.8 Å². The fraction of sp³-hybridized carbons (Fsp3) is 0.122. The molecule has 0 saturated carbocycles. The number of aryl methyl sites for hydroxylation is 3. The Hall–Kier alpha value is -7.16. The Morgan fingerprint density at radius 3 is 1.80 bits per heavy atom. The Balaban J connectivity index is 0.000000190. The number of allylic oxidation sites excluding steroid dienone is 1. The third-order valence-corrected chi connectivity index (χ3v) is 9.23. The molecule has 4 aromatic carbocycles. The number of nitriles is 2. The Morgan fingerprint density at radius 2 is 1.29 bits per heavy atom. The lowest BCUT2D eigenvalue weighted by Gasteiger charge is -2.20. The second kappa shape index (κ2) is 16.1. The lowest BCUT2D eigenvalue weighted by atomic mass is 10.0. The van der Waals surface area contributed by atoms with E-state index in [4.69, 9.17) is 11.6 Å². The molecule has 6 aromatic rings. The van der Waals surface area contributed by atoms with E-state index in [2.05, 4.69) is 33.0 Å². The van der Waals surface area contributed by atoms with Crippen LogP contribution >= 0.6 is 11.6 Å². The molecule has 0 unspecified atom stereocenters. The van der Waals surface area contributed by atoms with Crippen molar-refractivity contribution in [3.63, 3.8) is 0 Å². The summed E-state index contributed by atoms with van der Waals surface area (Å²) in [6, 6.07) is 27.1. The molecule has 15 heteroatoms. The van der Waals surface area contributed by atoms with Crippen LogP contribution < -0.4 is 16.2 Å². The van der Waals surface area contributed by atoms with Crippen molar-refractivity contribution >= 4 is 73.5 Å². The number of rotatable bonds is 8. The van der Waals surface area contributed by atoms with E-state index in [1.165, 1.54) is 6.07 Å². The van der Waals surface area contributed by atoms with Gasteiger partial charge in [0, 0.05) is 59.7 Å². The van der Waals surface area contributed by atoms with Crippen LogP contribution in [0.5, 0.6) is 0 Å². The molecule has 7 rings (SSSR count). The minimum atomic E-state index is -4.64. The summed E-state index contributed by atoms with van der Waals surface area (Å²) in [6.07, 6.45) is 0.430. The molecular formula is C41H31ClF3N9O2. The number of benzene rings is 4. The van der Waals surface area contributed by atoms with Gasteiger partial charge in [-0.2, -0.15) is 33.9 Å². The highest BCUT2D eigenvalue weighted by Gasteiger charge is 2.33. The number of nitrogens with one attached hydrogen (secondary N) is 3. The number of aromatic nitrogens is 2. The van der Waals surface area contributed by atoms with Gasteiger partial charge in [-0.3, -0.25) is 20.4 Å². The van der Waals surface area contributed by atoms with Crippen LogP contribution in [0.4, 0.5) is 30.2 Å². The van der Waals surface area contributed by atoms with E-state index < -0.39 is 34.0 Å². The number of para-hydroxylation sites is 2. The molecule has 0 bridgehead atoms. The van der Waals surface area contributed by atoms with Gasteiger partial charge < -0.3 is 14.5 Å². The van der Waals surface area contributed by atoms with Gasteiger partial charge in [-0.15, -0.1) is 0 Å². The van der Waals surface area contributed by atoms with E-state index in [0.717, 1.165) is 64.0 Å². The summed E-state index contributed by atoms with van der Waals surface area (Å²) in [5.41, 5.74) is 9.76. The molecule has 0 radical (unpaired) electrons. The first-order chi connectivity index (χ1) is 26.8. The molecule has 2 aromatic heterocycles. The first-order valence-electron chi connectivity index (χ1n) is 16.9. The number of hydrogen-bond acceptors (Lipinski definition) is 9. The molecule has 1 aliphatic heterocycles. The topological polar surface area (TPSA) is 152 Å². The summed E-state index contributed by atoms with van der Waals surface area (Å²) in [6.45, 7) is 3.95. The predicted molar refractivity (Wildman–Crippen MR) is 212 cm³/mol. The summed E-state index contributed by atoms with van der Waals surface area (Å²) in [5, 5.41) is 30.8. The van der Waals surface area contributed by atoms with Gasteiger partial charge in [-0.1, -0.05) is 54.6 Å². The zero-order valence-electron chi connectivity index (χ0n) is 29.9. The van der Waals surface area contributed by atoms with Gasteiger partial charge in [-0.25, -0.2) is 0 Å². The number of carbonyl (C=O) groups is 2. The number of halogens is 4. The van der Waals surface area contributed by atoms with Crippen molar-refractivity contribution in [3.05, 3.63) is 137 Å². The van der Waals surface area contributed by atoms with Gasteiger partial charge in [0.05, 0.1) is 33.1 Å². The number of anilines is 3. The maximum Gasteiger partial charge on any atom is 0.417 e. The van der Waals surface area contributed by atoms with Crippen molar-refractivity contribution in [2.75, 3.05) is 16.2 Å². The Kier molecular flexibility index (Phi) is 11.1. The van der Waals surface area contributed by atoms with Crippen LogP contribution in [-0.4, -0.2) is 32.1 Å². The Morgan fingerprint density at radius 1 is 0.786 bits per heavy atom. The van der Waals surface area contributed by atoms with Gasteiger partial charge in [0.15, 0.2) is 0 Å². The van der Waals surface area contributed by atoms with E-state index in [1.54, 1.807) is 42.2 Å². The van der Waals surface area contributed by atoms with Crippen LogP contribution in [0.1, 0.15) is 38.3 Å². The molecule has 0 saturated heterocycles. The highest BCUT2D eigenvalue weighted by atomic mass is 35.5. The number of carbonyl (C=O) groups excluding carboxylic acids is 2. The summed E-state index contributed by atoms with van der Waals surface area (Å²) < 4.78 is 42.4. The van der Waals surface area contributed by atoms with Gasteiger partial charge in [0.1, 0.15) is 12.1 Å². The maximum atomic E-state index is 12.9. The monoisotopic (exact) mass is 773 g/mol. The quantitative estimate of drug-likeness (QED) is 0.0792. The first kappa shape index (κ1) is 38.6. The van der Waals surface area contributed by atoms with Crippen molar-refractivity contribution in [1.29, 1.82) is 10.5 Å². The van der Waals surface area contributed by atoms with Gasteiger partial charge >= 0.3 is 6.18 Å². The van der Waals surface area contributed by atoms with E-state index >= 15 is 0 Å². The van der Waals surface area contributed by atoms with E-state index in [9.17, 15) is 33.3 Å². The molecule has 3 heterocycles. The number of ketones is 2. The molecule has 1 aliphatic rings. The smallest absolute Gasteiger partial charge is 0.359 e. The average molecular weight is 774 g/mol. The second-order valence-corrected chi connectivity index (χ2v) is 13.1. The molecular weight excluding hydrogens is 743 g/mol. The number of hydrazone groups is 2. The zero-order valence-corrected chi connectivity index (χ0v) is 30.6. The van der Waals surface area contributed by atoms with Crippen LogP contribution in [0.15, 0.2) is 120 Å². The summed E-state index contributed by atoms with van der Waals surface area (Å²) in [7, 11) is 3.63. The third-order valence-electron chi connectivity index (χ3n) is 8.90. The molecule has 3 N–H and O–H groups in total. The highest BCUT2D eigenvalue weighted by Crippen LogP contribution is 2.36. The number of nitrogens with zero attached hydrogens (tertiary/aromatic N) is 6. The first-order valence-corrected chi connectivity index (χ1v) is 17.3. The summed E-state index contributed by atoms with van der Waals surface area (Å²) >= 11 is 5.57. The van der Waals surface area contributed by atoms with E-state index in [1.807, 2.05) is 72.3 Å². The van der Waals surface area contributed by atoms with Crippen LogP contribution in [0.3, 0.4) is 0 Å². The SMILES string of the molecule is C=C1CCc2cc(N/N=C(\C#N)C(=O)c3cn(C)c4ccccc34)ccc2N1.Cn1cc(C(=O)/C(C#N)=N/Nc2ccc(Cl)c(C(F)(F)F)c2)c2ccccc21. The molecule has 0 aliphatic carbocycles. The number of Topliss-reactive ketones (excluding diaryl/α,β-unsaturated/α-hetero) is 2. The summed E-state index contributed by atoms with van der Waals surface area (Å²) in [5.74, 6) is -1.04. The number of fused-ring (bicyclic) bond motifs is 3. The van der Waals surface area contributed by atoms with Crippen molar-refractivity contribution in [2.45, 2.75) is 19.0 Å². The summed E-state index contributed by atoms with van der Waals surface area (Å²) in [4.78, 5) is 25.6. The molecule has 11 nitrogen and oxygen atoms in total. The van der Waals surface area contributed by atoms with Crippen molar-refractivity contribution in [2.24, 2.45) is 24.3 Å². The van der Waals surface area contributed by atoms with Crippen LogP contribution in [-0.2, 0) is 26.7 Å². The molecule has 56 heavy (non-hydrogen) atoms. The standard InChI is InChI=1S/C22H19N5O.C19H12ClF3N4O/c1-14-7-8-15-11-16(9-10-19(15)24-14)25-26-20(12-23)22(28)18-13-27(2)21-6-4-3-5-17(18)21;1-27-10-13(12-4-2-3-5-17(12)27)18(28)16(9-24)26-25-11-6-7-15(20)14(8-11)19(21,22)23/h3-6,9-11,13,24-25H,1,7-8H2,2H3;2-8,10,25H,1H3/b26-20+;26-16+. The van der Waals surface area contributed by atoms with Gasteiger partial charge in [0.2, 0.25) is 23.0 Å². The minimum Gasteiger partial charge on any atom is -0.359 e. The second-order valence-electron chi connectivity index (χ2n) is 12.7. The maximum absolute atomic E-state index is 12.9. The van der Waals surface area contributed by atoms with Gasteiger partial charge in [0.25, 0.3) is 0 Å². The largest absolute Gasteiger partial charge is 0.417 e. The number of alkyl halides is 3. The molecule has 0 spiro atoms. The van der Waals surface area contributed by atoms with Gasteiger partial charge in [-0.05, 0) is 66.9 Å². The third kappa shape index (κ3) is 8.16.